The van der Waals surface area contributed by atoms with Gasteiger partial charge in [-0.2, -0.15) is 13.2 Å². The van der Waals surface area contributed by atoms with Crippen molar-refractivity contribution in [3.05, 3.63) is 34.7 Å². The molecule has 2 rings (SSSR count). The molecule has 0 spiro atoms. The number of thiophene rings is 1. The zero-order valence-electron chi connectivity index (χ0n) is 9.85. The standard InChI is InChI=1S/C13H13F3S/c1-12(2,3)11-7-8-6-9(13(14,15)16)4-5-10(8)17-11/h4-7H,1-3H3. The summed E-state index contributed by atoms with van der Waals surface area (Å²) in [7, 11) is 0. The predicted molar refractivity (Wildman–Crippen MR) is 65.5 cm³/mol. The number of fused-ring (bicyclic) bond motifs is 1. The molecule has 0 aliphatic rings. The van der Waals surface area contributed by atoms with Gasteiger partial charge >= 0.3 is 6.18 Å². The van der Waals surface area contributed by atoms with Crippen LogP contribution >= 0.6 is 11.3 Å². The molecule has 17 heavy (non-hydrogen) atoms. The molecule has 0 amide bonds. The van der Waals surface area contributed by atoms with Crippen molar-refractivity contribution in [3.8, 4) is 0 Å². The van der Waals surface area contributed by atoms with E-state index in [-0.39, 0.29) is 5.41 Å². The van der Waals surface area contributed by atoms with Crippen LogP contribution in [-0.2, 0) is 11.6 Å². The maximum Gasteiger partial charge on any atom is 0.416 e. The molecule has 0 aliphatic carbocycles. The highest BCUT2D eigenvalue weighted by molar-refractivity contribution is 7.19. The van der Waals surface area contributed by atoms with Gasteiger partial charge in [-0.15, -0.1) is 11.3 Å². The van der Waals surface area contributed by atoms with E-state index < -0.39 is 11.7 Å². The first-order valence-electron chi connectivity index (χ1n) is 5.29. The third-order valence-electron chi connectivity index (χ3n) is 2.58. The van der Waals surface area contributed by atoms with Crippen LogP contribution in [0.5, 0.6) is 0 Å². The van der Waals surface area contributed by atoms with E-state index in [0.717, 1.165) is 15.6 Å². The van der Waals surface area contributed by atoms with Crippen molar-refractivity contribution in [1.82, 2.24) is 0 Å². The second kappa shape index (κ2) is 3.73. The van der Waals surface area contributed by atoms with E-state index in [1.807, 2.05) is 6.07 Å². The molecule has 1 aromatic heterocycles. The summed E-state index contributed by atoms with van der Waals surface area (Å²) in [4.78, 5) is 1.10. The Kier molecular flexibility index (Phi) is 2.73. The Hall–Kier alpha value is -1.03. The molecule has 4 heteroatoms. The SMILES string of the molecule is CC(C)(C)c1cc2cc(C(F)(F)F)ccc2s1. The molecule has 0 bridgehead atoms. The second-order valence-electron chi connectivity index (χ2n) is 5.11. The fourth-order valence-electron chi connectivity index (χ4n) is 1.59. The minimum Gasteiger partial charge on any atom is -0.166 e. The predicted octanol–water partition coefficient (Wildman–Crippen LogP) is 5.22. The molecule has 92 valence electrons. The second-order valence-corrected chi connectivity index (χ2v) is 6.19. The minimum atomic E-state index is -4.27. The van der Waals surface area contributed by atoms with Crippen LogP contribution in [0.2, 0.25) is 0 Å². The van der Waals surface area contributed by atoms with Crippen LogP contribution in [0.1, 0.15) is 31.2 Å². The summed E-state index contributed by atoms with van der Waals surface area (Å²) < 4.78 is 38.6. The number of rotatable bonds is 0. The Morgan fingerprint density at radius 1 is 1.00 bits per heavy atom. The summed E-state index contributed by atoms with van der Waals surface area (Å²) in [5.41, 5.74) is -0.606. The third kappa shape index (κ3) is 2.46. The monoisotopic (exact) mass is 258 g/mol. The van der Waals surface area contributed by atoms with Gasteiger partial charge in [-0.1, -0.05) is 20.8 Å². The average Bonchev–Trinajstić information content (AvgIpc) is 2.57. The molecular weight excluding hydrogens is 245 g/mol. The zero-order valence-corrected chi connectivity index (χ0v) is 10.7. The van der Waals surface area contributed by atoms with E-state index in [0.29, 0.717) is 5.39 Å². The highest BCUT2D eigenvalue weighted by atomic mass is 32.1. The van der Waals surface area contributed by atoms with Gasteiger partial charge in [-0.25, -0.2) is 0 Å². The summed E-state index contributed by atoms with van der Waals surface area (Å²) in [5, 5.41) is 0.676. The molecule has 0 saturated carbocycles. The lowest BCUT2D eigenvalue weighted by Crippen LogP contribution is -2.07. The van der Waals surface area contributed by atoms with E-state index in [9.17, 15) is 13.2 Å². The van der Waals surface area contributed by atoms with Crippen LogP contribution in [0.4, 0.5) is 13.2 Å². The van der Waals surface area contributed by atoms with Crippen LogP contribution in [0, 0.1) is 0 Å². The molecule has 0 radical (unpaired) electrons. The Labute approximate surface area is 102 Å². The molecule has 0 fully saturated rings. The fraction of sp³-hybridized carbons (Fsp3) is 0.385. The summed E-state index contributed by atoms with van der Waals surface area (Å²) in [6.07, 6.45) is -4.27. The highest BCUT2D eigenvalue weighted by Crippen LogP contribution is 2.37. The topological polar surface area (TPSA) is 0 Å². The number of hydrogen-bond donors (Lipinski definition) is 0. The molecule has 0 saturated heterocycles. The van der Waals surface area contributed by atoms with Crippen molar-refractivity contribution in [2.75, 3.05) is 0 Å². The quantitative estimate of drug-likeness (QED) is 0.608. The van der Waals surface area contributed by atoms with Crippen molar-refractivity contribution >= 4 is 21.4 Å². The number of halogens is 3. The number of alkyl halides is 3. The number of benzene rings is 1. The summed E-state index contributed by atoms with van der Waals surface area (Å²) >= 11 is 1.56. The molecule has 1 heterocycles. The molecule has 0 atom stereocenters. The fourth-order valence-corrected chi connectivity index (χ4v) is 2.69. The van der Waals surface area contributed by atoms with Crippen molar-refractivity contribution in [2.45, 2.75) is 32.4 Å². The lowest BCUT2D eigenvalue weighted by Gasteiger charge is -2.14. The van der Waals surface area contributed by atoms with Crippen LogP contribution in [0.25, 0.3) is 10.1 Å². The Morgan fingerprint density at radius 3 is 2.18 bits per heavy atom. The highest BCUT2D eigenvalue weighted by Gasteiger charge is 2.30. The van der Waals surface area contributed by atoms with Gasteiger partial charge in [0.1, 0.15) is 0 Å². The lowest BCUT2D eigenvalue weighted by molar-refractivity contribution is -0.137. The Bertz CT molecular complexity index is 532. The molecule has 0 N–H and O–H groups in total. The van der Waals surface area contributed by atoms with Crippen molar-refractivity contribution in [3.63, 3.8) is 0 Å². The Balaban J connectivity index is 2.56. The minimum absolute atomic E-state index is 0.0257. The first kappa shape index (κ1) is 12.4. The van der Waals surface area contributed by atoms with Crippen LogP contribution < -0.4 is 0 Å². The zero-order chi connectivity index (χ0) is 12.8. The maximum absolute atomic E-state index is 12.6. The first-order valence-corrected chi connectivity index (χ1v) is 6.11. The van der Waals surface area contributed by atoms with Crippen molar-refractivity contribution < 1.29 is 13.2 Å². The van der Waals surface area contributed by atoms with Crippen LogP contribution in [0.3, 0.4) is 0 Å². The largest absolute Gasteiger partial charge is 0.416 e. The molecule has 1 aromatic carbocycles. The van der Waals surface area contributed by atoms with Crippen LogP contribution in [-0.4, -0.2) is 0 Å². The third-order valence-corrected chi connectivity index (χ3v) is 4.12. The molecular formula is C13H13F3S. The van der Waals surface area contributed by atoms with Gasteiger partial charge in [0.25, 0.3) is 0 Å². The van der Waals surface area contributed by atoms with Gasteiger partial charge < -0.3 is 0 Å². The van der Waals surface area contributed by atoms with Crippen LogP contribution in [0.15, 0.2) is 24.3 Å². The van der Waals surface area contributed by atoms with Gasteiger partial charge in [0, 0.05) is 9.58 Å². The van der Waals surface area contributed by atoms with Gasteiger partial charge in [0.2, 0.25) is 0 Å². The molecule has 0 aliphatic heterocycles. The number of hydrogen-bond acceptors (Lipinski definition) is 1. The van der Waals surface area contributed by atoms with Crippen molar-refractivity contribution in [1.29, 1.82) is 0 Å². The van der Waals surface area contributed by atoms with E-state index in [1.54, 1.807) is 17.4 Å². The maximum atomic E-state index is 12.6. The smallest absolute Gasteiger partial charge is 0.166 e. The van der Waals surface area contributed by atoms with E-state index >= 15 is 0 Å². The van der Waals surface area contributed by atoms with Gasteiger partial charge in [-0.3, -0.25) is 0 Å². The molecule has 2 aromatic rings. The van der Waals surface area contributed by atoms with E-state index in [1.165, 1.54) is 6.07 Å². The summed E-state index contributed by atoms with van der Waals surface area (Å²) in [6, 6.07) is 5.78. The summed E-state index contributed by atoms with van der Waals surface area (Å²) in [6.45, 7) is 6.17. The molecule has 0 nitrogen and oxygen atoms in total. The Morgan fingerprint density at radius 2 is 1.65 bits per heavy atom. The normalized spacial score (nSPS) is 13.3. The van der Waals surface area contributed by atoms with Gasteiger partial charge in [-0.05, 0) is 35.1 Å². The van der Waals surface area contributed by atoms with Crippen molar-refractivity contribution in [2.24, 2.45) is 0 Å². The lowest BCUT2D eigenvalue weighted by atomic mass is 9.94. The van der Waals surface area contributed by atoms with E-state index in [4.69, 9.17) is 0 Å². The van der Waals surface area contributed by atoms with Gasteiger partial charge in [0.05, 0.1) is 5.56 Å². The first-order chi connectivity index (χ1) is 7.68. The average molecular weight is 258 g/mol. The van der Waals surface area contributed by atoms with Gasteiger partial charge in [0.15, 0.2) is 0 Å². The molecule has 0 unspecified atom stereocenters. The summed E-state index contributed by atoms with van der Waals surface area (Å²) in [5.74, 6) is 0. The van der Waals surface area contributed by atoms with E-state index in [2.05, 4.69) is 20.8 Å².